The first-order valence-electron chi connectivity index (χ1n) is 7.93. The zero-order valence-electron chi connectivity index (χ0n) is 13.9. The Balaban J connectivity index is 2.17. The molecular weight excluding hydrogens is 306 g/mol. The van der Waals surface area contributed by atoms with Crippen LogP contribution in [0.1, 0.15) is 30.6 Å². The summed E-state index contributed by atoms with van der Waals surface area (Å²) in [5, 5.41) is 3.10. The molecule has 0 spiro atoms. The first-order valence-corrected chi connectivity index (χ1v) is 7.93. The minimum atomic E-state index is -0.0214. The maximum absolute atomic E-state index is 12.2. The molecule has 0 radical (unpaired) electrons. The molecule has 1 aliphatic carbocycles. The molecule has 0 amide bonds. The van der Waals surface area contributed by atoms with Crippen molar-refractivity contribution in [2.75, 3.05) is 19.8 Å². The van der Waals surface area contributed by atoms with Crippen molar-refractivity contribution in [1.29, 1.82) is 0 Å². The average molecular weight is 327 g/mol. The van der Waals surface area contributed by atoms with Crippen molar-refractivity contribution >= 4 is 11.5 Å². The third-order valence-electron chi connectivity index (χ3n) is 3.46. The fourth-order valence-electron chi connectivity index (χ4n) is 2.35. The Labute approximate surface area is 141 Å². The molecule has 0 fully saturated rings. The molecule has 0 bridgehead atoms. The Bertz CT molecular complexity index is 701. The zero-order chi connectivity index (χ0) is 17.4. The fourth-order valence-corrected chi connectivity index (χ4v) is 2.35. The number of nitrogens with zero attached hydrogens (tertiary/aromatic N) is 2. The number of carbonyl (C=O) groups is 1. The van der Waals surface area contributed by atoms with E-state index in [9.17, 15) is 4.79 Å². The summed E-state index contributed by atoms with van der Waals surface area (Å²) in [4.78, 5) is 15.5. The van der Waals surface area contributed by atoms with Gasteiger partial charge in [-0.25, -0.2) is 0 Å². The highest BCUT2D eigenvalue weighted by Crippen LogP contribution is 2.21. The summed E-state index contributed by atoms with van der Waals surface area (Å²) in [6, 6.07) is 9.08. The van der Waals surface area contributed by atoms with Crippen molar-refractivity contribution in [3.8, 4) is 0 Å². The van der Waals surface area contributed by atoms with Gasteiger partial charge in [-0.1, -0.05) is 30.3 Å². The number of ether oxygens (including phenoxy) is 2. The molecule has 24 heavy (non-hydrogen) atoms. The number of benzene rings is 1. The topological polar surface area (TPSA) is 84.0 Å². The van der Waals surface area contributed by atoms with Gasteiger partial charge in [0.2, 0.25) is 5.76 Å². The Morgan fingerprint density at radius 3 is 2.54 bits per heavy atom. The molecule has 2 rings (SSSR count). The number of nitrogens with one attached hydrogen (secondary N) is 1. The second kappa shape index (κ2) is 8.70. The molecule has 6 nitrogen and oxygen atoms in total. The second-order valence-electron chi connectivity index (χ2n) is 5.08. The Morgan fingerprint density at radius 2 is 1.92 bits per heavy atom. The van der Waals surface area contributed by atoms with Gasteiger partial charge in [-0.05, 0) is 13.8 Å². The molecule has 126 valence electrons. The van der Waals surface area contributed by atoms with E-state index in [1.807, 2.05) is 32.0 Å². The average Bonchev–Trinajstić information content (AvgIpc) is 2.62. The largest absolute Gasteiger partial charge is 0.495 e. The highest BCUT2D eigenvalue weighted by atomic mass is 16.5. The van der Waals surface area contributed by atoms with E-state index in [-0.39, 0.29) is 12.3 Å². The summed E-state index contributed by atoms with van der Waals surface area (Å²) in [7, 11) is 0. The van der Waals surface area contributed by atoms with E-state index in [0.29, 0.717) is 48.1 Å². The van der Waals surface area contributed by atoms with Crippen LogP contribution in [0.3, 0.4) is 0 Å². The number of hydrogen-bond donors (Lipinski definition) is 1. The maximum Gasteiger partial charge on any atom is 0.341 e. The van der Waals surface area contributed by atoms with E-state index in [1.54, 1.807) is 18.2 Å². The summed E-state index contributed by atoms with van der Waals surface area (Å²) in [5.74, 6) is 1.07. The summed E-state index contributed by atoms with van der Waals surface area (Å²) in [6.07, 6.45) is 2.00. The fraction of sp³-hybridized carbons (Fsp3) is 0.333. The van der Waals surface area contributed by atoms with Crippen LogP contribution in [0.5, 0.6) is 0 Å². The first-order chi connectivity index (χ1) is 11.7. The van der Waals surface area contributed by atoms with Crippen LogP contribution in [0, 0.1) is 0 Å². The van der Waals surface area contributed by atoms with Crippen molar-refractivity contribution in [2.45, 2.75) is 20.3 Å². The van der Waals surface area contributed by atoms with Gasteiger partial charge in [-0.15, -0.1) is 0 Å². The van der Waals surface area contributed by atoms with Gasteiger partial charge in [-0.2, -0.15) is 4.79 Å². The zero-order valence-corrected chi connectivity index (χ0v) is 13.9. The van der Waals surface area contributed by atoms with E-state index in [0.717, 1.165) is 0 Å². The number of ketones is 1. The summed E-state index contributed by atoms with van der Waals surface area (Å²) < 4.78 is 11.1. The van der Waals surface area contributed by atoms with Gasteiger partial charge in [0.05, 0.1) is 25.5 Å². The van der Waals surface area contributed by atoms with Crippen LogP contribution < -0.4 is 5.32 Å². The van der Waals surface area contributed by atoms with Gasteiger partial charge in [0.15, 0.2) is 5.78 Å². The highest BCUT2D eigenvalue weighted by Gasteiger charge is 2.28. The van der Waals surface area contributed by atoms with Crippen LogP contribution in [-0.4, -0.2) is 36.0 Å². The molecule has 0 atom stereocenters. The van der Waals surface area contributed by atoms with Crippen LogP contribution >= 0.6 is 0 Å². The Hall–Kier alpha value is -2.85. The molecule has 0 aliphatic heterocycles. The summed E-state index contributed by atoms with van der Waals surface area (Å²) in [6.45, 7) is 4.78. The van der Waals surface area contributed by atoms with Crippen LogP contribution in [0.4, 0.5) is 0 Å². The molecule has 1 N–H and O–H groups in total. The number of Topliss-reactive ketones (excluding diaryl/α,β-unsaturated/α-hetero) is 1. The number of allylic oxidation sites excluding steroid dienone is 3. The molecule has 0 heterocycles. The predicted octanol–water partition coefficient (Wildman–Crippen LogP) is 2.70. The summed E-state index contributed by atoms with van der Waals surface area (Å²) >= 11 is 0. The van der Waals surface area contributed by atoms with E-state index in [2.05, 4.69) is 10.1 Å². The summed E-state index contributed by atoms with van der Waals surface area (Å²) in [5.41, 5.74) is 10.9. The number of hydrogen-bond acceptors (Lipinski definition) is 4. The second-order valence-corrected chi connectivity index (χ2v) is 5.08. The molecular formula is C18H21N3O3. The van der Waals surface area contributed by atoms with Crippen molar-refractivity contribution in [1.82, 2.24) is 5.32 Å². The smallest absolute Gasteiger partial charge is 0.341 e. The minimum absolute atomic E-state index is 0.0214. The lowest BCUT2D eigenvalue weighted by atomic mass is 10.1. The van der Waals surface area contributed by atoms with Gasteiger partial charge in [0.1, 0.15) is 12.2 Å². The van der Waals surface area contributed by atoms with E-state index in [4.69, 9.17) is 15.0 Å². The molecule has 0 saturated carbocycles. The van der Waals surface area contributed by atoms with E-state index >= 15 is 0 Å². The normalized spacial score (nSPS) is 13.9. The van der Waals surface area contributed by atoms with Crippen LogP contribution in [0.15, 0.2) is 53.6 Å². The molecule has 6 heteroatoms. The molecule has 1 aliphatic rings. The standard InChI is InChI=1S/C18H21N3O3/c1-3-23-17-11-15(21-19)18(24-4-2)10-14(17)20-12-16(22)13-8-6-5-7-9-13/h5-10,20H,3-4,11-12H2,1-2H3. The lowest BCUT2D eigenvalue weighted by Gasteiger charge is -2.18. The van der Waals surface area contributed by atoms with E-state index in [1.165, 1.54) is 0 Å². The van der Waals surface area contributed by atoms with Crippen LogP contribution in [0.2, 0.25) is 0 Å². The maximum atomic E-state index is 12.2. The molecule has 0 unspecified atom stereocenters. The van der Waals surface area contributed by atoms with E-state index < -0.39 is 0 Å². The van der Waals surface area contributed by atoms with Gasteiger partial charge in [0, 0.05) is 11.6 Å². The highest BCUT2D eigenvalue weighted by molar-refractivity contribution is 5.98. The predicted molar refractivity (Wildman–Crippen MR) is 90.4 cm³/mol. The van der Waals surface area contributed by atoms with Crippen molar-refractivity contribution < 1.29 is 19.1 Å². The monoisotopic (exact) mass is 327 g/mol. The molecule has 1 aromatic rings. The lowest BCUT2D eigenvalue weighted by Crippen LogP contribution is -2.27. The SMILES string of the molecule is CCOC1=CC(NCC(=O)c2ccccc2)=C(OCC)CC1=[N+]=[N-]. The van der Waals surface area contributed by atoms with Gasteiger partial charge >= 0.3 is 5.71 Å². The minimum Gasteiger partial charge on any atom is -0.495 e. The first kappa shape index (κ1) is 17.5. The van der Waals surface area contributed by atoms with Crippen molar-refractivity contribution in [2.24, 2.45) is 0 Å². The molecule has 1 aromatic carbocycles. The van der Waals surface area contributed by atoms with Gasteiger partial charge in [0.25, 0.3) is 0 Å². The third-order valence-corrected chi connectivity index (χ3v) is 3.46. The number of rotatable bonds is 8. The van der Waals surface area contributed by atoms with Gasteiger partial charge < -0.3 is 20.3 Å². The number of carbonyl (C=O) groups excluding carboxylic acids is 1. The van der Waals surface area contributed by atoms with Crippen LogP contribution in [0.25, 0.3) is 5.53 Å². The van der Waals surface area contributed by atoms with Crippen molar-refractivity contribution in [3.63, 3.8) is 0 Å². The Morgan fingerprint density at radius 1 is 1.21 bits per heavy atom. The third kappa shape index (κ3) is 4.33. The molecule has 0 aromatic heterocycles. The Kier molecular flexibility index (Phi) is 6.34. The lowest BCUT2D eigenvalue weighted by molar-refractivity contribution is -0.0135. The van der Waals surface area contributed by atoms with Crippen molar-refractivity contribution in [3.05, 3.63) is 64.7 Å². The molecule has 0 saturated heterocycles. The van der Waals surface area contributed by atoms with Crippen LogP contribution in [-0.2, 0) is 9.47 Å². The quantitative estimate of drug-likeness (QED) is 0.452. The van der Waals surface area contributed by atoms with Gasteiger partial charge in [-0.3, -0.25) is 4.79 Å².